The van der Waals surface area contributed by atoms with E-state index in [0.717, 1.165) is 24.2 Å². The van der Waals surface area contributed by atoms with Crippen LogP contribution in [0.4, 0.5) is 11.8 Å². The number of nitrogens with two attached hydrogens (primary N) is 2. The molecule has 3 rings (SSSR count). The summed E-state index contributed by atoms with van der Waals surface area (Å²) in [7, 11) is 0. The highest BCUT2D eigenvalue weighted by Gasteiger charge is 2.29. The molecule has 24 heavy (non-hydrogen) atoms. The lowest BCUT2D eigenvalue weighted by Crippen LogP contribution is -2.19. The van der Waals surface area contributed by atoms with Crippen LogP contribution in [-0.4, -0.2) is 23.2 Å². The zero-order valence-electron chi connectivity index (χ0n) is 13.1. The largest absolute Gasteiger partial charge is 0.486 e. The molecule has 2 aromatic rings. The Hall–Kier alpha value is -1.24. The number of nitrogens with zero attached hydrogens (tertiary/aromatic N) is 2. The number of hydrogen-bond donors (Lipinski definition) is 2. The topological polar surface area (TPSA) is 106 Å². The summed E-state index contributed by atoms with van der Waals surface area (Å²) in [5.74, 6) is 3.00. The van der Waals surface area contributed by atoms with E-state index in [1.165, 1.54) is 6.20 Å². The standard InChI is InChI=1S/C15H16I2N4O3/c1-6(2)8-11(24-7-5-20-15(19)21-14(7)18)9(16)10(17)13-12(8)22-3-4-23-13/h5-6H,3-4H2,1-2H3,(H4,18,19,20,21). The van der Waals surface area contributed by atoms with Gasteiger partial charge in [-0.1, -0.05) is 13.8 Å². The average molecular weight is 554 g/mol. The number of hydrogen-bond acceptors (Lipinski definition) is 7. The molecular formula is C15H16I2N4O3. The SMILES string of the molecule is CC(C)c1c(Oc2cnc(N)nc2N)c(I)c(I)c2c1OCCO2. The quantitative estimate of drug-likeness (QED) is 0.560. The van der Waals surface area contributed by atoms with Crippen LogP contribution in [0.3, 0.4) is 0 Å². The maximum Gasteiger partial charge on any atom is 0.222 e. The van der Waals surface area contributed by atoms with Crippen molar-refractivity contribution in [1.82, 2.24) is 9.97 Å². The third-order valence-corrected chi connectivity index (χ3v) is 6.54. The van der Waals surface area contributed by atoms with Gasteiger partial charge >= 0.3 is 0 Å². The fourth-order valence-electron chi connectivity index (χ4n) is 2.41. The van der Waals surface area contributed by atoms with Crippen LogP contribution in [0.2, 0.25) is 0 Å². The van der Waals surface area contributed by atoms with Crippen molar-refractivity contribution in [3.8, 4) is 23.0 Å². The molecule has 1 aliphatic heterocycles. The van der Waals surface area contributed by atoms with Crippen LogP contribution in [0.5, 0.6) is 23.0 Å². The third-order valence-electron chi connectivity index (χ3n) is 3.45. The first-order chi connectivity index (χ1) is 11.4. The lowest BCUT2D eigenvalue weighted by atomic mass is 10.00. The molecule has 1 aliphatic rings. The van der Waals surface area contributed by atoms with Gasteiger partial charge in [0.25, 0.3) is 0 Å². The van der Waals surface area contributed by atoms with Crippen molar-refractivity contribution in [2.24, 2.45) is 0 Å². The van der Waals surface area contributed by atoms with Gasteiger partial charge in [-0.05, 0) is 51.1 Å². The van der Waals surface area contributed by atoms with Crippen LogP contribution in [0, 0.1) is 7.14 Å². The summed E-state index contributed by atoms with van der Waals surface area (Å²) in [4.78, 5) is 7.89. The van der Waals surface area contributed by atoms with E-state index in [1.807, 2.05) is 0 Å². The molecule has 0 aliphatic carbocycles. The van der Waals surface area contributed by atoms with E-state index < -0.39 is 0 Å². The number of fused-ring (bicyclic) bond motifs is 1. The van der Waals surface area contributed by atoms with E-state index in [0.29, 0.717) is 24.7 Å². The normalized spacial score (nSPS) is 13.2. The Morgan fingerprint density at radius 3 is 2.42 bits per heavy atom. The van der Waals surface area contributed by atoms with Gasteiger partial charge in [-0.15, -0.1) is 0 Å². The zero-order chi connectivity index (χ0) is 17.4. The van der Waals surface area contributed by atoms with Gasteiger partial charge < -0.3 is 25.7 Å². The Morgan fingerprint density at radius 1 is 1.12 bits per heavy atom. The van der Waals surface area contributed by atoms with E-state index in [-0.39, 0.29) is 17.7 Å². The molecule has 128 valence electrons. The minimum Gasteiger partial charge on any atom is -0.486 e. The Bertz CT molecular complexity index is 799. The maximum atomic E-state index is 6.08. The van der Waals surface area contributed by atoms with Gasteiger partial charge in [0, 0.05) is 5.56 Å². The molecule has 0 bridgehead atoms. The molecule has 9 heteroatoms. The van der Waals surface area contributed by atoms with Gasteiger partial charge in [-0.2, -0.15) is 4.98 Å². The van der Waals surface area contributed by atoms with Crippen molar-refractivity contribution in [1.29, 1.82) is 0 Å². The van der Waals surface area contributed by atoms with Crippen LogP contribution >= 0.6 is 45.2 Å². The Morgan fingerprint density at radius 2 is 1.79 bits per heavy atom. The molecule has 0 unspecified atom stereocenters. The molecule has 0 fully saturated rings. The molecule has 7 nitrogen and oxygen atoms in total. The molecule has 0 saturated carbocycles. The molecule has 0 spiro atoms. The summed E-state index contributed by atoms with van der Waals surface area (Å²) in [5.41, 5.74) is 12.4. The van der Waals surface area contributed by atoms with E-state index in [2.05, 4.69) is 69.0 Å². The van der Waals surface area contributed by atoms with Gasteiger partial charge in [0.05, 0.1) is 13.3 Å². The van der Waals surface area contributed by atoms with Crippen molar-refractivity contribution in [2.75, 3.05) is 24.7 Å². The summed E-state index contributed by atoms with van der Waals surface area (Å²) >= 11 is 4.48. The van der Waals surface area contributed by atoms with Crippen LogP contribution in [0.25, 0.3) is 0 Å². The number of halogens is 2. The number of nitrogen functional groups attached to an aromatic ring is 2. The van der Waals surface area contributed by atoms with Crippen LogP contribution in [-0.2, 0) is 0 Å². The van der Waals surface area contributed by atoms with Crippen LogP contribution in [0.1, 0.15) is 25.3 Å². The van der Waals surface area contributed by atoms with E-state index in [4.69, 9.17) is 25.7 Å². The summed E-state index contributed by atoms with van der Waals surface area (Å²) in [6.45, 7) is 5.20. The van der Waals surface area contributed by atoms with Gasteiger partial charge in [-0.3, -0.25) is 0 Å². The Kier molecular flexibility index (Phi) is 5.08. The molecule has 2 heterocycles. The first-order valence-electron chi connectivity index (χ1n) is 7.26. The summed E-state index contributed by atoms with van der Waals surface area (Å²) in [5, 5.41) is 0. The number of anilines is 2. The second-order valence-electron chi connectivity index (χ2n) is 5.46. The summed E-state index contributed by atoms with van der Waals surface area (Å²) < 4.78 is 19.6. The zero-order valence-corrected chi connectivity index (χ0v) is 17.4. The van der Waals surface area contributed by atoms with Gasteiger partial charge in [0.2, 0.25) is 5.95 Å². The highest BCUT2D eigenvalue weighted by Crippen LogP contribution is 2.50. The fraction of sp³-hybridized carbons (Fsp3) is 0.333. The summed E-state index contributed by atoms with van der Waals surface area (Å²) in [6, 6.07) is 0. The second-order valence-corrected chi connectivity index (χ2v) is 7.62. The number of benzene rings is 1. The van der Waals surface area contributed by atoms with Gasteiger partial charge in [0.15, 0.2) is 23.1 Å². The Labute approximate surface area is 166 Å². The molecule has 1 aromatic carbocycles. The lowest BCUT2D eigenvalue weighted by Gasteiger charge is -2.27. The average Bonchev–Trinajstić information content (AvgIpc) is 2.54. The molecule has 1 aromatic heterocycles. The second kappa shape index (κ2) is 6.94. The molecule has 4 N–H and O–H groups in total. The van der Waals surface area contributed by atoms with Crippen molar-refractivity contribution in [2.45, 2.75) is 19.8 Å². The first kappa shape index (κ1) is 17.6. The number of rotatable bonds is 3. The molecule has 0 radical (unpaired) electrons. The van der Waals surface area contributed by atoms with Crippen molar-refractivity contribution >= 4 is 56.9 Å². The highest BCUT2D eigenvalue weighted by molar-refractivity contribution is 14.1. The predicted molar refractivity (Wildman–Crippen MR) is 108 cm³/mol. The van der Waals surface area contributed by atoms with Gasteiger partial charge in [0.1, 0.15) is 19.0 Å². The highest BCUT2D eigenvalue weighted by atomic mass is 127. The van der Waals surface area contributed by atoms with Crippen LogP contribution in [0.15, 0.2) is 6.20 Å². The number of ether oxygens (including phenoxy) is 3. The predicted octanol–water partition coefficient (Wildman–Crippen LogP) is 3.54. The smallest absolute Gasteiger partial charge is 0.222 e. The van der Waals surface area contributed by atoms with E-state index in [9.17, 15) is 0 Å². The van der Waals surface area contributed by atoms with E-state index >= 15 is 0 Å². The minimum atomic E-state index is 0.107. The molecule has 0 atom stereocenters. The maximum absolute atomic E-state index is 6.08. The van der Waals surface area contributed by atoms with Gasteiger partial charge in [-0.25, -0.2) is 4.98 Å². The molecular weight excluding hydrogens is 538 g/mol. The van der Waals surface area contributed by atoms with Crippen LogP contribution < -0.4 is 25.7 Å². The van der Waals surface area contributed by atoms with Crippen molar-refractivity contribution in [3.63, 3.8) is 0 Å². The van der Waals surface area contributed by atoms with Crippen molar-refractivity contribution < 1.29 is 14.2 Å². The van der Waals surface area contributed by atoms with Crippen molar-refractivity contribution in [3.05, 3.63) is 18.9 Å². The fourth-order valence-corrected chi connectivity index (χ4v) is 3.70. The number of aromatic nitrogens is 2. The Balaban J connectivity index is 2.17. The molecule has 0 saturated heterocycles. The monoisotopic (exact) mass is 554 g/mol. The lowest BCUT2D eigenvalue weighted by molar-refractivity contribution is 0.167. The first-order valence-corrected chi connectivity index (χ1v) is 9.42. The third kappa shape index (κ3) is 3.15. The van der Waals surface area contributed by atoms with E-state index in [1.54, 1.807) is 0 Å². The summed E-state index contributed by atoms with van der Waals surface area (Å²) in [6.07, 6.45) is 1.47. The minimum absolute atomic E-state index is 0.107. The molecule has 0 amide bonds.